The van der Waals surface area contributed by atoms with Crippen molar-refractivity contribution in [3.05, 3.63) is 45.9 Å². The second kappa shape index (κ2) is 12.7. The van der Waals surface area contributed by atoms with Crippen molar-refractivity contribution >= 4 is 58.0 Å². The van der Waals surface area contributed by atoms with Crippen molar-refractivity contribution in [1.29, 1.82) is 0 Å². The van der Waals surface area contributed by atoms with E-state index in [1.165, 1.54) is 18.4 Å². The third kappa shape index (κ3) is 7.55. The Morgan fingerprint density at radius 1 is 1.27 bits per heavy atom. The summed E-state index contributed by atoms with van der Waals surface area (Å²) in [5, 5.41) is 10.8. The fourth-order valence-electron chi connectivity index (χ4n) is 3.43. The summed E-state index contributed by atoms with van der Waals surface area (Å²) < 4.78 is 0. The molecule has 0 saturated carbocycles. The molecular formula is C21H32ClIN6S. The molecule has 1 aliphatic rings. The van der Waals surface area contributed by atoms with Gasteiger partial charge in [-0.2, -0.15) is 0 Å². The SMILES string of the molecule is CN=C(NCc1csc(N(C)C)n1)NCC1CCN(Cc2ccccc2Cl)CC1.I. The first-order valence-corrected chi connectivity index (χ1v) is 11.3. The summed E-state index contributed by atoms with van der Waals surface area (Å²) in [6.45, 7) is 4.77. The van der Waals surface area contributed by atoms with E-state index >= 15 is 0 Å². The first-order valence-electron chi connectivity index (χ1n) is 10.1. The second-order valence-corrected chi connectivity index (χ2v) is 8.88. The highest BCUT2D eigenvalue weighted by Gasteiger charge is 2.20. The number of nitrogens with zero attached hydrogens (tertiary/aromatic N) is 4. The van der Waals surface area contributed by atoms with Crippen LogP contribution in [0.2, 0.25) is 5.02 Å². The minimum absolute atomic E-state index is 0. The molecule has 2 N–H and O–H groups in total. The zero-order valence-electron chi connectivity index (χ0n) is 17.9. The highest BCUT2D eigenvalue weighted by molar-refractivity contribution is 14.0. The van der Waals surface area contributed by atoms with E-state index in [0.717, 1.165) is 48.0 Å². The number of benzene rings is 1. The average Bonchev–Trinajstić information content (AvgIpc) is 3.20. The van der Waals surface area contributed by atoms with Crippen LogP contribution < -0.4 is 15.5 Å². The van der Waals surface area contributed by atoms with Crippen LogP contribution in [0.25, 0.3) is 0 Å². The Morgan fingerprint density at radius 2 is 2.00 bits per heavy atom. The zero-order valence-corrected chi connectivity index (χ0v) is 21.8. The van der Waals surface area contributed by atoms with Gasteiger partial charge in [0.05, 0.1) is 12.2 Å². The van der Waals surface area contributed by atoms with Gasteiger partial charge in [0, 0.05) is 44.6 Å². The van der Waals surface area contributed by atoms with Gasteiger partial charge in [0.1, 0.15) is 0 Å². The number of piperidine rings is 1. The molecule has 0 aliphatic carbocycles. The van der Waals surface area contributed by atoms with Crippen molar-refractivity contribution < 1.29 is 0 Å². The summed E-state index contributed by atoms with van der Waals surface area (Å²) in [7, 11) is 5.83. The molecule has 0 spiro atoms. The number of guanidine groups is 1. The number of aliphatic imine (C=N–C) groups is 1. The Hall–Kier alpha value is -1.10. The highest BCUT2D eigenvalue weighted by atomic mass is 127. The molecule has 30 heavy (non-hydrogen) atoms. The van der Waals surface area contributed by atoms with E-state index in [2.05, 4.69) is 43.0 Å². The third-order valence-electron chi connectivity index (χ3n) is 5.20. The Bertz CT molecular complexity index is 804. The standard InChI is InChI=1S/C21H31ClN6S.HI/c1-23-20(25-13-18-15-29-21(26-18)27(2)3)24-12-16-8-10-28(11-9-16)14-17-6-4-5-7-19(17)22;/h4-7,15-16H,8-14H2,1-3H3,(H2,23,24,25);1H. The largest absolute Gasteiger partial charge is 0.356 e. The summed E-state index contributed by atoms with van der Waals surface area (Å²) in [4.78, 5) is 13.5. The number of aromatic nitrogens is 1. The van der Waals surface area contributed by atoms with Gasteiger partial charge in [-0.15, -0.1) is 35.3 Å². The molecule has 3 rings (SSSR count). The lowest BCUT2D eigenvalue weighted by Crippen LogP contribution is -2.42. The smallest absolute Gasteiger partial charge is 0.191 e. The van der Waals surface area contributed by atoms with E-state index in [1.807, 2.05) is 38.2 Å². The number of nitrogens with one attached hydrogen (secondary N) is 2. The number of hydrogen-bond acceptors (Lipinski definition) is 5. The number of anilines is 1. The van der Waals surface area contributed by atoms with Crippen molar-refractivity contribution in [2.24, 2.45) is 10.9 Å². The molecule has 6 nitrogen and oxygen atoms in total. The van der Waals surface area contributed by atoms with Crippen molar-refractivity contribution in [3.63, 3.8) is 0 Å². The van der Waals surface area contributed by atoms with Gasteiger partial charge in [0.15, 0.2) is 11.1 Å². The van der Waals surface area contributed by atoms with Crippen LogP contribution in [0.1, 0.15) is 24.1 Å². The molecule has 1 saturated heterocycles. The Kier molecular flexibility index (Phi) is 10.6. The van der Waals surface area contributed by atoms with E-state index in [1.54, 1.807) is 11.3 Å². The molecule has 0 radical (unpaired) electrons. The molecule has 1 aliphatic heterocycles. The maximum Gasteiger partial charge on any atom is 0.191 e. The molecule has 0 bridgehead atoms. The predicted octanol–water partition coefficient (Wildman–Crippen LogP) is 4.06. The summed E-state index contributed by atoms with van der Waals surface area (Å²) in [6.07, 6.45) is 2.37. The van der Waals surface area contributed by atoms with E-state index in [0.29, 0.717) is 12.5 Å². The Morgan fingerprint density at radius 3 is 2.63 bits per heavy atom. The molecular weight excluding hydrogens is 531 g/mol. The summed E-state index contributed by atoms with van der Waals surface area (Å²) in [5.41, 5.74) is 2.25. The van der Waals surface area contributed by atoms with Crippen LogP contribution in [-0.2, 0) is 13.1 Å². The van der Waals surface area contributed by atoms with E-state index in [-0.39, 0.29) is 24.0 Å². The molecule has 166 valence electrons. The number of hydrogen-bond donors (Lipinski definition) is 2. The van der Waals surface area contributed by atoms with Crippen molar-refractivity contribution in [2.45, 2.75) is 25.9 Å². The quantitative estimate of drug-likeness (QED) is 0.303. The minimum Gasteiger partial charge on any atom is -0.356 e. The molecule has 0 unspecified atom stereocenters. The number of likely N-dealkylation sites (tertiary alicyclic amines) is 1. The first-order chi connectivity index (χ1) is 14.0. The van der Waals surface area contributed by atoms with Crippen LogP contribution in [0.4, 0.5) is 5.13 Å². The van der Waals surface area contributed by atoms with Crippen molar-refractivity contribution in [1.82, 2.24) is 20.5 Å². The van der Waals surface area contributed by atoms with Crippen LogP contribution in [-0.4, -0.2) is 56.6 Å². The van der Waals surface area contributed by atoms with Crippen LogP contribution in [0.5, 0.6) is 0 Å². The van der Waals surface area contributed by atoms with Gasteiger partial charge in [-0.05, 0) is 43.5 Å². The van der Waals surface area contributed by atoms with Crippen LogP contribution in [0, 0.1) is 5.92 Å². The number of rotatable bonds is 7. The zero-order chi connectivity index (χ0) is 20.6. The van der Waals surface area contributed by atoms with Crippen LogP contribution >= 0.6 is 46.9 Å². The van der Waals surface area contributed by atoms with Gasteiger partial charge >= 0.3 is 0 Å². The molecule has 1 fully saturated rings. The summed E-state index contributed by atoms with van der Waals surface area (Å²) >= 11 is 7.96. The lowest BCUT2D eigenvalue weighted by Gasteiger charge is -2.32. The number of thiazole rings is 1. The lowest BCUT2D eigenvalue weighted by molar-refractivity contribution is 0.178. The summed E-state index contributed by atoms with van der Waals surface area (Å²) in [5.74, 6) is 1.50. The van der Waals surface area contributed by atoms with Gasteiger partial charge in [0.2, 0.25) is 0 Å². The Labute approximate surface area is 206 Å². The lowest BCUT2D eigenvalue weighted by atomic mass is 9.96. The van der Waals surface area contributed by atoms with Gasteiger partial charge in [-0.1, -0.05) is 29.8 Å². The monoisotopic (exact) mass is 562 g/mol. The maximum absolute atomic E-state index is 6.30. The minimum atomic E-state index is 0. The average molecular weight is 563 g/mol. The van der Waals surface area contributed by atoms with Gasteiger partial charge in [-0.3, -0.25) is 9.89 Å². The number of halogens is 2. The second-order valence-electron chi connectivity index (χ2n) is 7.63. The van der Waals surface area contributed by atoms with Crippen LogP contribution in [0.3, 0.4) is 0 Å². The van der Waals surface area contributed by atoms with Gasteiger partial charge in [-0.25, -0.2) is 4.98 Å². The molecule has 2 aromatic rings. The maximum atomic E-state index is 6.30. The molecule has 1 aromatic heterocycles. The normalized spacial score (nSPS) is 15.5. The fraction of sp³-hybridized carbons (Fsp3) is 0.524. The van der Waals surface area contributed by atoms with Gasteiger partial charge < -0.3 is 15.5 Å². The summed E-state index contributed by atoms with van der Waals surface area (Å²) in [6, 6.07) is 8.14. The first kappa shape index (κ1) is 25.2. The Balaban J connectivity index is 0.00000320. The van der Waals surface area contributed by atoms with Crippen LogP contribution in [0.15, 0.2) is 34.6 Å². The topological polar surface area (TPSA) is 55.8 Å². The van der Waals surface area contributed by atoms with E-state index in [4.69, 9.17) is 11.6 Å². The van der Waals surface area contributed by atoms with Crippen molar-refractivity contribution in [3.8, 4) is 0 Å². The molecule has 1 aromatic carbocycles. The van der Waals surface area contributed by atoms with E-state index in [9.17, 15) is 0 Å². The predicted molar refractivity (Wildman–Crippen MR) is 140 cm³/mol. The van der Waals surface area contributed by atoms with E-state index < -0.39 is 0 Å². The highest BCUT2D eigenvalue weighted by Crippen LogP contribution is 2.22. The molecule has 2 heterocycles. The third-order valence-corrected chi connectivity index (χ3v) is 6.63. The molecule has 0 amide bonds. The van der Waals surface area contributed by atoms with Gasteiger partial charge in [0.25, 0.3) is 0 Å². The molecule has 9 heteroatoms. The van der Waals surface area contributed by atoms with Crippen molar-refractivity contribution in [2.75, 3.05) is 45.7 Å². The molecule has 0 atom stereocenters. The fourth-order valence-corrected chi connectivity index (χ4v) is 4.39.